The summed E-state index contributed by atoms with van der Waals surface area (Å²) in [5.41, 5.74) is 6.90. The molecule has 1 aromatic rings. The van der Waals surface area contributed by atoms with E-state index in [1.165, 1.54) is 0 Å². The van der Waals surface area contributed by atoms with E-state index in [0.717, 1.165) is 57.2 Å². The Morgan fingerprint density at radius 1 is 1.19 bits per heavy atom. The maximum atomic E-state index is 5.80. The topological polar surface area (TPSA) is 61.5 Å². The summed E-state index contributed by atoms with van der Waals surface area (Å²) in [6, 6.07) is 0.152. The van der Waals surface area contributed by atoms with Gasteiger partial charge in [0.05, 0.1) is 0 Å². The van der Waals surface area contributed by atoms with Crippen LogP contribution in [0.1, 0.15) is 12.5 Å². The predicted octanol–water partition coefficient (Wildman–Crippen LogP) is 0.0499. The van der Waals surface area contributed by atoms with Gasteiger partial charge in [-0.2, -0.15) is 0 Å². The first kappa shape index (κ1) is 16.1. The van der Waals surface area contributed by atoms with Crippen molar-refractivity contribution in [3.63, 3.8) is 0 Å². The van der Waals surface area contributed by atoms with Gasteiger partial charge in [-0.25, -0.2) is 9.97 Å². The van der Waals surface area contributed by atoms with Crippen molar-refractivity contribution >= 4 is 5.95 Å². The van der Waals surface area contributed by atoms with Crippen LogP contribution >= 0.6 is 0 Å². The lowest BCUT2D eigenvalue weighted by Gasteiger charge is -2.35. The molecule has 0 aliphatic carbocycles. The van der Waals surface area contributed by atoms with E-state index >= 15 is 0 Å². The van der Waals surface area contributed by atoms with E-state index in [9.17, 15) is 0 Å². The normalized spacial score (nSPS) is 18.2. The quantitative estimate of drug-likeness (QED) is 0.799. The smallest absolute Gasteiger partial charge is 0.225 e. The number of rotatable bonds is 6. The van der Waals surface area contributed by atoms with Crippen LogP contribution in [-0.4, -0.2) is 79.2 Å². The second kappa shape index (κ2) is 7.68. The first-order valence-electron chi connectivity index (χ1n) is 7.73. The molecule has 2 rings (SSSR count). The molecular weight excluding hydrogens is 264 g/mol. The molecule has 1 unspecified atom stereocenters. The molecule has 1 fully saturated rings. The molecule has 2 N–H and O–H groups in total. The van der Waals surface area contributed by atoms with E-state index in [2.05, 4.69) is 38.8 Å². The van der Waals surface area contributed by atoms with Crippen LogP contribution in [0.3, 0.4) is 0 Å². The van der Waals surface area contributed by atoms with Gasteiger partial charge in [-0.15, -0.1) is 0 Å². The molecule has 0 spiro atoms. The Hall–Kier alpha value is -1.24. The van der Waals surface area contributed by atoms with Crippen molar-refractivity contribution in [3.8, 4) is 0 Å². The Kier molecular flexibility index (Phi) is 5.90. The van der Waals surface area contributed by atoms with Crippen molar-refractivity contribution in [1.29, 1.82) is 0 Å². The fourth-order valence-corrected chi connectivity index (χ4v) is 2.50. The van der Waals surface area contributed by atoms with E-state index in [1.54, 1.807) is 0 Å². The van der Waals surface area contributed by atoms with Gasteiger partial charge < -0.3 is 15.5 Å². The first-order valence-corrected chi connectivity index (χ1v) is 7.73. The highest BCUT2D eigenvalue weighted by Gasteiger charge is 2.18. The Balaban J connectivity index is 1.81. The molecule has 6 heteroatoms. The zero-order valence-electron chi connectivity index (χ0n) is 13.5. The molecule has 1 aliphatic rings. The minimum atomic E-state index is 0.152. The summed E-state index contributed by atoms with van der Waals surface area (Å²) in [5, 5.41) is 0. The van der Waals surface area contributed by atoms with Gasteiger partial charge in [0.15, 0.2) is 0 Å². The third-order valence-corrected chi connectivity index (χ3v) is 3.77. The Labute approximate surface area is 127 Å². The molecule has 0 bridgehead atoms. The molecule has 118 valence electrons. The van der Waals surface area contributed by atoms with Gasteiger partial charge in [0.2, 0.25) is 5.95 Å². The average Bonchev–Trinajstić information content (AvgIpc) is 2.46. The lowest BCUT2D eigenvalue weighted by Crippen LogP contribution is -2.48. The molecule has 1 saturated heterocycles. The monoisotopic (exact) mass is 292 g/mol. The van der Waals surface area contributed by atoms with E-state index in [1.807, 2.05) is 19.3 Å². The summed E-state index contributed by atoms with van der Waals surface area (Å²) in [5.74, 6) is 0.843. The summed E-state index contributed by atoms with van der Waals surface area (Å²) in [6.07, 6.45) is 4.65. The van der Waals surface area contributed by atoms with Crippen molar-refractivity contribution in [2.24, 2.45) is 5.73 Å². The van der Waals surface area contributed by atoms with Crippen LogP contribution in [0.15, 0.2) is 12.4 Å². The third-order valence-electron chi connectivity index (χ3n) is 3.77. The number of anilines is 1. The average molecular weight is 292 g/mol. The molecule has 0 saturated carbocycles. The minimum absolute atomic E-state index is 0.152. The molecule has 1 aliphatic heterocycles. The lowest BCUT2D eigenvalue weighted by atomic mass is 10.1. The van der Waals surface area contributed by atoms with Crippen molar-refractivity contribution in [3.05, 3.63) is 18.0 Å². The Morgan fingerprint density at radius 2 is 1.81 bits per heavy atom. The number of hydrogen-bond acceptors (Lipinski definition) is 6. The molecule has 21 heavy (non-hydrogen) atoms. The number of piperazine rings is 1. The van der Waals surface area contributed by atoms with Crippen molar-refractivity contribution in [2.75, 3.05) is 58.3 Å². The van der Waals surface area contributed by atoms with Crippen molar-refractivity contribution in [2.45, 2.75) is 19.4 Å². The van der Waals surface area contributed by atoms with Crippen LogP contribution in [-0.2, 0) is 6.42 Å². The van der Waals surface area contributed by atoms with E-state index in [-0.39, 0.29) is 6.04 Å². The summed E-state index contributed by atoms with van der Waals surface area (Å²) >= 11 is 0. The third kappa shape index (κ3) is 5.22. The highest BCUT2D eigenvalue weighted by atomic mass is 15.3. The number of nitrogens with two attached hydrogens (primary N) is 1. The largest absolute Gasteiger partial charge is 0.338 e. The molecule has 0 aromatic carbocycles. The van der Waals surface area contributed by atoms with Crippen LogP contribution in [0, 0.1) is 0 Å². The number of nitrogens with zero attached hydrogens (tertiary/aromatic N) is 5. The lowest BCUT2D eigenvalue weighted by molar-refractivity contribution is 0.228. The number of likely N-dealkylation sites (N-methyl/N-ethyl adjacent to an activating group) is 1. The minimum Gasteiger partial charge on any atom is -0.338 e. The molecule has 1 atom stereocenters. The van der Waals surface area contributed by atoms with Gasteiger partial charge in [0.25, 0.3) is 0 Å². The van der Waals surface area contributed by atoms with Gasteiger partial charge in [0, 0.05) is 57.7 Å². The first-order chi connectivity index (χ1) is 10.0. The van der Waals surface area contributed by atoms with Crippen molar-refractivity contribution in [1.82, 2.24) is 19.8 Å². The van der Waals surface area contributed by atoms with Crippen LogP contribution < -0.4 is 10.6 Å². The molecule has 2 heterocycles. The number of aromatic nitrogens is 2. The zero-order valence-corrected chi connectivity index (χ0v) is 13.5. The Morgan fingerprint density at radius 3 is 2.33 bits per heavy atom. The molecular formula is C15H28N6. The Bertz CT molecular complexity index is 409. The second-order valence-electron chi connectivity index (χ2n) is 6.20. The predicted molar refractivity (Wildman–Crippen MR) is 86.6 cm³/mol. The molecule has 1 aromatic heterocycles. The van der Waals surface area contributed by atoms with Crippen LogP contribution in [0.25, 0.3) is 0 Å². The second-order valence-corrected chi connectivity index (χ2v) is 6.20. The van der Waals surface area contributed by atoms with E-state index < -0.39 is 0 Å². The SMILES string of the molecule is CC(N)Cc1cnc(N2CCN(CCN(C)C)CC2)nc1. The highest BCUT2D eigenvalue weighted by molar-refractivity contribution is 5.30. The van der Waals surface area contributed by atoms with E-state index in [4.69, 9.17) is 5.73 Å². The van der Waals surface area contributed by atoms with Gasteiger partial charge >= 0.3 is 0 Å². The van der Waals surface area contributed by atoms with Crippen LogP contribution in [0.4, 0.5) is 5.95 Å². The summed E-state index contributed by atoms with van der Waals surface area (Å²) < 4.78 is 0. The number of hydrogen-bond donors (Lipinski definition) is 1. The van der Waals surface area contributed by atoms with Gasteiger partial charge in [0.1, 0.15) is 0 Å². The molecule has 6 nitrogen and oxygen atoms in total. The van der Waals surface area contributed by atoms with Gasteiger partial charge in [-0.3, -0.25) is 4.90 Å². The summed E-state index contributed by atoms with van der Waals surface area (Å²) in [7, 11) is 4.24. The van der Waals surface area contributed by atoms with Crippen LogP contribution in [0.5, 0.6) is 0 Å². The van der Waals surface area contributed by atoms with Gasteiger partial charge in [-0.05, 0) is 33.0 Å². The zero-order chi connectivity index (χ0) is 15.2. The molecule has 0 amide bonds. The molecule has 0 radical (unpaired) electrons. The fraction of sp³-hybridized carbons (Fsp3) is 0.733. The maximum absolute atomic E-state index is 5.80. The standard InChI is InChI=1S/C15H28N6/c1-13(16)10-14-11-17-15(18-12-14)21-8-6-20(7-9-21)5-4-19(2)3/h11-13H,4-10,16H2,1-3H3. The maximum Gasteiger partial charge on any atom is 0.225 e. The van der Waals surface area contributed by atoms with Gasteiger partial charge in [-0.1, -0.05) is 0 Å². The summed E-state index contributed by atoms with van der Waals surface area (Å²) in [4.78, 5) is 16.0. The van der Waals surface area contributed by atoms with Crippen LogP contribution in [0.2, 0.25) is 0 Å². The fourth-order valence-electron chi connectivity index (χ4n) is 2.50. The van der Waals surface area contributed by atoms with Crippen molar-refractivity contribution < 1.29 is 0 Å². The van der Waals surface area contributed by atoms with E-state index in [0.29, 0.717) is 0 Å². The summed E-state index contributed by atoms with van der Waals surface area (Å²) in [6.45, 7) is 8.41. The highest BCUT2D eigenvalue weighted by Crippen LogP contribution is 2.11.